The summed E-state index contributed by atoms with van der Waals surface area (Å²) in [6.45, 7) is 4.84. The summed E-state index contributed by atoms with van der Waals surface area (Å²) in [5.74, 6) is 0.948. The molecule has 2 heteroatoms. The maximum atomic E-state index is 12.7. The Kier molecular flexibility index (Phi) is 5.21. The van der Waals surface area contributed by atoms with Crippen molar-refractivity contribution in [2.24, 2.45) is 5.41 Å². The minimum Gasteiger partial charge on any atom is -0.308 e. The van der Waals surface area contributed by atoms with Crippen molar-refractivity contribution in [1.82, 2.24) is 4.90 Å². The Morgan fingerprint density at radius 2 is 1.67 bits per heavy atom. The molecule has 0 spiro atoms. The second kappa shape index (κ2) is 6.74. The summed E-state index contributed by atoms with van der Waals surface area (Å²) in [5.41, 5.74) is 1.92. The number of carbonyl (C=O) groups is 1. The van der Waals surface area contributed by atoms with Crippen molar-refractivity contribution < 1.29 is 4.79 Å². The van der Waals surface area contributed by atoms with Gasteiger partial charge in [-0.1, -0.05) is 57.4 Å². The van der Waals surface area contributed by atoms with Gasteiger partial charge in [0, 0.05) is 17.5 Å². The SMILES string of the molecule is CN(C)CC(C)(C)C(=O)c1ccc(C2CCCCC2)cc1. The monoisotopic (exact) mass is 287 g/mol. The zero-order chi connectivity index (χ0) is 15.5. The minimum atomic E-state index is -0.337. The number of Topliss-reactive ketones (excluding diaryl/α,β-unsaturated/α-hetero) is 1. The van der Waals surface area contributed by atoms with Gasteiger partial charge in [0.2, 0.25) is 0 Å². The van der Waals surface area contributed by atoms with Crippen molar-refractivity contribution in [2.45, 2.75) is 51.9 Å². The van der Waals surface area contributed by atoms with E-state index in [1.165, 1.54) is 37.7 Å². The van der Waals surface area contributed by atoms with E-state index in [2.05, 4.69) is 17.0 Å². The fourth-order valence-corrected chi connectivity index (χ4v) is 3.60. The lowest BCUT2D eigenvalue weighted by molar-refractivity contribution is 0.0797. The molecule has 0 amide bonds. The van der Waals surface area contributed by atoms with E-state index in [1.54, 1.807) is 0 Å². The van der Waals surface area contributed by atoms with Crippen LogP contribution < -0.4 is 0 Å². The van der Waals surface area contributed by atoms with E-state index in [1.807, 2.05) is 40.1 Å². The lowest BCUT2D eigenvalue weighted by Gasteiger charge is -2.27. The zero-order valence-electron chi connectivity index (χ0n) is 14.0. The molecule has 1 aromatic carbocycles. The standard InChI is InChI=1S/C19H29NO/c1-19(2,14-20(3)4)18(21)17-12-10-16(11-13-17)15-8-6-5-7-9-15/h10-13,15H,5-9,14H2,1-4H3. The van der Waals surface area contributed by atoms with Gasteiger partial charge in [-0.15, -0.1) is 0 Å². The smallest absolute Gasteiger partial charge is 0.169 e. The quantitative estimate of drug-likeness (QED) is 0.743. The van der Waals surface area contributed by atoms with Crippen molar-refractivity contribution in [3.05, 3.63) is 35.4 Å². The number of hydrogen-bond acceptors (Lipinski definition) is 2. The molecule has 1 aliphatic carbocycles. The highest BCUT2D eigenvalue weighted by atomic mass is 16.1. The summed E-state index contributed by atoms with van der Waals surface area (Å²) in [7, 11) is 4.03. The largest absolute Gasteiger partial charge is 0.308 e. The molecule has 1 fully saturated rings. The van der Waals surface area contributed by atoms with Crippen molar-refractivity contribution in [3.63, 3.8) is 0 Å². The summed E-state index contributed by atoms with van der Waals surface area (Å²) >= 11 is 0. The first-order valence-corrected chi connectivity index (χ1v) is 8.19. The molecular formula is C19H29NO. The van der Waals surface area contributed by atoms with Crippen LogP contribution in [0.1, 0.15) is 67.8 Å². The lowest BCUT2D eigenvalue weighted by atomic mass is 9.81. The molecule has 0 atom stereocenters. The Hall–Kier alpha value is -1.15. The van der Waals surface area contributed by atoms with Gasteiger partial charge in [0.25, 0.3) is 0 Å². The molecular weight excluding hydrogens is 258 g/mol. The molecule has 0 aromatic heterocycles. The van der Waals surface area contributed by atoms with Crippen LogP contribution in [-0.2, 0) is 0 Å². The molecule has 2 rings (SSSR count). The van der Waals surface area contributed by atoms with E-state index >= 15 is 0 Å². The van der Waals surface area contributed by atoms with Crippen LogP contribution in [0.3, 0.4) is 0 Å². The molecule has 0 radical (unpaired) electrons. The van der Waals surface area contributed by atoms with Crippen LogP contribution in [0.4, 0.5) is 0 Å². The molecule has 0 aliphatic heterocycles. The van der Waals surface area contributed by atoms with Crippen molar-refractivity contribution >= 4 is 5.78 Å². The van der Waals surface area contributed by atoms with Crippen LogP contribution >= 0.6 is 0 Å². The topological polar surface area (TPSA) is 20.3 Å². The molecule has 116 valence electrons. The van der Waals surface area contributed by atoms with E-state index in [4.69, 9.17) is 0 Å². The maximum Gasteiger partial charge on any atom is 0.169 e. The Morgan fingerprint density at radius 1 is 1.10 bits per heavy atom. The van der Waals surface area contributed by atoms with E-state index < -0.39 is 0 Å². The van der Waals surface area contributed by atoms with Gasteiger partial charge >= 0.3 is 0 Å². The molecule has 21 heavy (non-hydrogen) atoms. The van der Waals surface area contributed by atoms with Gasteiger partial charge in [-0.05, 0) is 38.4 Å². The average molecular weight is 287 g/mol. The van der Waals surface area contributed by atoms with Crippen molar-refractivity contribution in [2.75, 3.05) is 20.6 Å². The highest BCUT2D eigenvalue weighted by Gasteiger charge is 2.29. The molecule has 1 saturated carbocycles. The fraction of sp³-hybridized carbons (Fsp3) is 0.632. The van der Waals surface area contributed by atoms with Gasteiger partial charge in [0.05, 0.1) is 0 Å². The molecule has 0 unspecified atom stereocenters. The molecule has 0 heterocycles. The van der Waals surface area contributed by atoms with Crippen LogP contribution in [0.2, 0.25) is 0 Å². The van der Waals surface area contributed by atoms with E-state index in [9.17, 15) is 4.79 Å². The Balaban J connectivity index is 2.09. The van der Waals surface area contributed by atoms with Crippen molar-refractivity contribution in [3.8, 4) is 0 Å². The van der Waals surface area contributed by atoms with E-state index in [0.29, 0.717) is 5.92 Å². The molecule has 0 bridgehead atoms. The highest BCUT2D eigenvalue weighted by molar-refractivity contribution is 6.00. The first-order valence-electron chi connectivity index (χ1n) is 8.19. The first kappa shape index (κ1) is 16.2. The predicted octanol–water partition coefficient (Wildman–Crippen LogP) is 4.50. The Morgan fingerprint density at radius 3 is 2.19 bits per heavy atom. The molecule has 2 nitrogen and oxygen atoms in total. The number of benzene rings is 1. The minimum absolute atomic E-state index is 0.242. The second-order valence-corrected chi connectivity index (χ2v) is 7.41. The third-order valence-electron chi connectivity index (χ3n) is 4.58. The van der Waals surface area contributed by atoms with Crippen LogP contribution in [-0.4, -0.2) is 31.3 Å². The van der Waals surface area contributed by atoms with E-state index in [-0.39, 0.29) is 11.2 Å². The summed E-state index contributed by atoms with van der Waals surface area (Å²) in [6, 6.07) is 8.41. The van der Waals surface area contributed by atoms with Gasteiger partial charge in [0.15, 0.2) is 5.78 Å². The van der Waals surface area contributed by atoms with Gasteiger partial charge in [0.1, 0.15) is 0 Å². The van der Waals surface area contributed by atoms with Gasteiger partial charge in [-0.3, -0.25) is 4.79 Å². The van der Waals surface area contributed by atoms with Crippen LogP contribution in [0, 0.1) is 5.41 Å². The van der Waals surface area contributed by atoms with Crippen LogP contribution in [0.25, 0.3) is 0 Å². The maximum absolute atomic E-state index is 12.7. The molecule has 1 aliphatic rings. The van der Waals surface area contributed by atoms with Gasteiger partial charge in [-0.2, -0.15) is 0 Å². The summed E-state index contributed by atoms with van der Waals surface area (Å²) in [4.78, 5) is 14.7. The molecule has 0 N–H and O–H groups in total. The Bertz CT molecular complexity index is 467. The fourth-order valence-electron chi connectivity index (χ4n) is 3.60. The first-order chi connectivity index (χ1) is 9.90. The second-order valence-electron chi connectivity index (χ2n) is 7.41. The lowest BCUT2D eigenvalue weighted by Crippen LogP contribution is -2.35. The predicted molar refractivity (Wildman–Crippen MR) is 88.9 cm³/mol. The molecule has 0 saturated heterocycles. The van der Waals surface area contributed by atoms with E-state index in [0.717, 1.165) is 12.1 Å². The number of nitrogens with zero attached hydrogens (tertiary/aromatic N) is 1. The van der Waals surface area contributed by atoms with Crippen LogP contribution in [0.5, 0.6) is 0 Å². The number of carbonyl (C=O) groups excluding carboxylic acids is 1. The Labute approximate surface area is 129 Å². The zero-order valence-corrected chi connectivity index (χ0v) is 14.0. The average Bonchev–Trinajstić information content (AvgIpc) is 2.46. The van der Waals surface area contributed by atoms with Gasteiger partial charge < -0.3 is 4.90 Å². The number of rotatable bonds is 5. The van der Waals surface area contributed by atoms with Crippen LogP contribution in [0.15, 0.2) is 24.3 Å². The molecule has 1 aromatic rings. The van der Waals surface area contributed by atoms with Gasteiger partial charge in [-0.25, -0.2) is 0 Å². The highest BCUT2D eigenvalue weighted by Crippen LogP contribution is 2.33. The summed E-state index contributed by atoms with van der Waals surface area (Å²) < 4.78 is 0. The number of hydrogen-bond donors (Lipinski definition) is 0. The normalized spacial score (nSPS) is 17.2. The third-order valence-corrected chi connectivity index (χ3v) is 4.58. The van der Waals surface area contributed by atoms with Crippen molar-refractivity contribution in [1.29, 1.82) is 0 Å². The summed E-state index contributed by atoms with van der Waals surface area (Å²) in [6.07, 6.45) is 6.69. The summed E-state index contributed by atoms with van der Waals surface area (Å²) in [5, 5.41) is 0. The third kappa shape index (κ3) is 4.16. The number of ketones is 1.